The molecule has 0 fully saturated rings. The van der Waals surface area contributed by atoms with Gasteiger partial charge in [0.15, 0.2) is 0 Å². The van der Waals surface area contributed by atoms with Gasteiger partial charge in [-0.05, 0) is 5.92 Å². The maximum Gasteiger partial charge on any atom is 0.239 e. The second-order valence-corrected chi connectivity index (χ2v) is 5.17. The minimum atomic E-state index is -0.251. The zero-order valence-corrected chi connectivity index (χ0v) is 12.4. The summed E-state index contributed by atoms with van der Waals surface area (Å²) in [6.45, 7) is 4.89. The maximum absolute atomic E-state index is 11.8. The van der Waals surface area contributed by atoms with E-state index in [2.05, 4.69) is 21.2 Å². The molecule has 0 radical (unpaired) electrons. The number of hydrogen-bond acceptors (Lipinski definition) is 3. The van der Waals surface area contributed by atoms with Gasteiger partial charge < -0.3 is 15.0 Å². The summed E-state index contributed by atoms with van der Waals surface area (Å²) in [6.07, 6.45) is 0. The third-order valence-electron chi connectivity index (χ3n) is 2.21. The number of rotatable bonds is 7. The highest BCUT2D eigenvalue weighted by Gasteiger charge is 2.23. The van der Waals surface area contributed by atoms with Crippen LogP contribution in [0.1, 0.15) is 13.8 Å². The van der Waals surface area contributed by atoms with E-state index in [4.69, 9.17) is 4.74 Å². The summed E-state index contributed by atoms with van der Waals surface area (Å²) >= 11 is 3.32. The first kappa shape index (κ1) is 16.4. The van der Waals surface area contributed by atoms with Crippen molar-refractivity contribution in [3.63, 3.8) is 0 Å². The zero-order valence-electron chi connectivity index (χ0n) is 10.8. The Kier molecular flexibility index (Phi) is 8.16. The Morgan fingerprint density at radius 1 is 1.41 bits per heavy atom. The van der Waals surface area contributed by atoms with Crippen LogP contribution in [0.15, 0.2) is 0 Å². The lowest BCUT2D eigenvalue weighted by Gasteiger charge is -2.21. The molecule has 0 aliphatic heterocycles. The van der Waals surface area contributed by atoms with Crippen molar-refractivity contribution >= 4 is 27.7 Å². The average Bonchev–Trinajstić information content (AvgIpc) is 2.27. The molecule has 0 rings (SSSR count). The smallest absolute Gasteiger partial charge is 0.239 e. The van der Waals surface area contributed by atoms with Gasteiger partial charge in [0.2, 0.25) is 11.8 Å². The van der Waals surface area contributed by atoms with Gasteiger partial charge in [-0.1, -0.05) is 29.8 Å². The van der Waals surface area contributed by atoms with Crippen molar-refractivity contribution in [1.82, 2.24) is 10.2 Å². The maximum atomic E-state index is 11.8. The van der Waals surface area contributed by atoms with Crippen molar-refractivity contribution < 1.29 is 14.3 Å². The quantitative estimate of drug-likeness (QED) is 0.554. The standard InChI is InChI=1S/C11H21BrN2O3/c1-8(2)10(12)11(16)14(3)7-9(15)13-5-6-17-4/h8,10H,5-7H2,1-4H3,(H,13,15). The molecular formula is C11H21BrN2O3. The minimum absolute atomic E-state index is 0.0668. The highest BCUT2D eigenvalue weighted by atomic mass is 79.9. The molecule has 0 aromatic rings. The van der Waals surface area contributed by atoms with Crippen molar-refractivity contribution in [2.75, 3.05) is 33.9 Å². The monoisotopic (exact) mass is 308 g/mol. The predicted molar refractivity (Wildman–Crippen MR) is 70.1 cm³/mol. The topological polar surface area (TPSA) is 58.6 Å². The van der Waals surface area contributed by atoms with Crippen LogP contribution in [0, 0.1) is 5.92 Å². The molecule has 0 aliphatic carbocycles. The fourth-order valence-electron chi connectivity index (χ4n) is 1.14. The number of methoxy groups -OCH3 is 1. The van der Waals surface area contributed by atoms with Crippen LogP contribution in [0.4, 0.5) is 0 Å². The van der Waals surface area contributed by atoms with Gasteiger partial charge >= 0.3 is 0 Å². The molecule has 0 saturated carbocycles. The molecule has 17 heavy (non-hydrogen) atoms. The van der Waals surface area contributed by atoms with Crippen molar-refractivity contribution in [3.8, 4) is 0 Å². The molecule has 0 aliphatic rings. The Bertz CT molecular complexity index is 259. The second kappa shape index (κ2) is 8.47. The molecule has 5 nitrogen and oxygen atoms in total. The second-order valence-electron chi connectivity index (χ2n) is 4.18. The van der Waals surface area contributed by atoms with E-state index in [1.807, 2.05) is 13.8 Å². The van der Waals surface area contributed by atoms with Gasteiger partial charge in [-0.15, -0.1) is 0 Å². The van der Waals surface area contributed by atoms with E-state index in [1.54, 1.807) is 14.2 Å². The number of amides is 2. The summed E-state index contributed by atoms with van der Waals surface area (Å²) in [6, 6.07) is 0. The molecule has 0 aromatic carbocycles. The molecule has 1 atom stereocenters. The van der Waals surface area contributed by atoms with Gasteiger partial charge in [0, 0.05) is 20.7 Å². The van der Waals surface area contributed by atoms with Crippen LogP contribution in [0.3, 0.4) is 0 Å². The van der Waals surface area contributed by atoms with E-state index in [1.165, 1.54) is 4.90 Å². The Hall–Kier alpha value is -0.620. The highest BCUT2D eigenvalue weighted by Crippen LogP contribution is 2.14. The fourth-order valence-corrected chi connectivity index (χ4v) is 1.49. The zero-order chi connectivity index (χ0) is 13.4. The summed E-state index contributed by atoms with van der Waals surface area (Å²) in [5.74, 6) is -0.0650. The number of halogens is 1. The molecule has 0 bridgehead atoms. The summed E-state index contributed by atoms with van der Waals surface area (Å²) in [4.78, 5) is 24.4. The van der Waals surface area contributed by atoms with Gasteiger partial charge in [0.25, 0.3) is 0 Å². The normalized spacial score (nSPS) is 12.4. The van der Waals surface area contributed by atoms with Crippen LogP contribution >= 0.6 is 15.9 Å². The van der Waals surface area contributed by atoms with E-state index in [0.717, 1.165) is 0 Å². The predicted octanol–water partition coefficient (Wildman–Crippen LogP) is 0.627. The van der Waals surface area contributed by atoms with Crippen LogP contribution in [-0.2, 0) is 14.3 Å². The number of nitrogens with one attached hydrogen (secondary N) is 1. The molecule has 0 heterocycles. The van der Waals surface area contributed by atoms with Gasteiger partial charge in [0.05, 0.1) is 18.0 Å². The number of hydrogen-bond donors (Lipinski definition) is 1. The Morgan fingerprint density at radius 3 is 2.47 bits per heavy atom. The molecule has 2 amide bonds. The lowest BCUT2D eigenvalue weighted by molar-refractivity contribution is -0.134. The largest absolute Gasteiger partial charge is 0.383 e. The summed E-state index contributed by atoms with van der Waals surface area (Å²) in [5, 5.41) is 2.66. The number of ether oxygens (including phenoxy) is 1. The lowest BCUT2D eigenvalue weighted by Crippen LogP contribution is -2.43. The van der Waals surface area contributed by atoms with Gasteiger partial charge in [-0.3, -0.25) is 9.59 Å². The van der Waals surface area contributed by atoms with Crippen molar-refractivity contribution in [2.45, 2.75) is 18.7 Å². The first-order valence-electron chi connectivity index (χ1n) is 5.54. The number of likely N-dealkylation sites (N-methyl/N-ethyl adjacent to an activating group) is 1. The molecule has 100 valence electrons. The Labute approximate surface area is 111 Å². The van der Waals surface area contributed by atoms with E-state index < -0.39 is 0 Å². The van der Waals surface area contributed by atoms with Crippen molar-refractivity contribution in [2.24, 2.45) is 5.92 Å². The van der Waals surface area contributed by atoms with Crippen molar-refractivity contribution in [1.29, 1.82) is 0 Å². The fraction of sp³-hybridized carbons (Fsp3) is 0.818. The molecule has 6 heteroatoms. The molecule has 1 unspecified atom stereocenters. The van der Waals surface area contributed by atoms with Gasteiger partial charge in [-0.2, -0.15) is 0 Å². The van der Waals surface area contributed by atoms with E-state index in [-0.39, 0.29) is 29.1 Å². The number of carbonyl (C=O) groups is 2. The van der Waals surface area contributed by atoms with E-state index in [0.29, 0.717) is 13.2 Å². The number of carbonyl (C=O) groups excluding carboxylic acids is 2. The molecule has 0 spiro atoms. The SMILES string of the molecule is COCCNC(=O)CN(C)C(=O)C(Br)C(C)C. The van der Waals surface area contributed by atoms with E-state index in [9.17, 15) is 9.59 Å². The molecule has 0 aromatic heterocycles. The summed E-state index contributed by atoms with van der Waals surface area (Å²) < 4.78 is 4.81. The van der Waals surface area contributed by atoms with Gasteiger partial charge in [0.1, 0.15) is 0 Å². The molecule has 1 N–H and O–H groups in total. The third-order valence-corrected chi connectivity index (χ3v) is 3.66. The Balaban J connectivity index is 4.03. The Morgan fingerprint density at radius 2 is 2.00 bits per heavy atom. The number of nitrogens with zero attached hydrogens (tertiary/aromatic N) is 1. The summed E-state index contributed by atoms with van der Waals surface area (Å²) in [5.41, 5.74) is 0. The van der Waals surface area contributed by atoms with Crippen LogP contribution in [0.2, 0.25) is 0 Å². The highest BCUT2D eigenvalue weighted by molar-refractivity contribution is 9.10. The van der Waals surface area contributed by atoms with Crippen LogP contribution < -0.4 is 5.32 Å². The van der Waals surface area contributed by atoms with E-state index >= 15 is 0 Å². The van der Waals surface area contributed by atoms with Crippen LogP contribution in [0.25, 0.3) is 0 Å². The first-order valence-corrected chi connectivity index (χ1v) is 6.46. The first-order chi connectivity index (χ1) is 7.90. The minimum Gasteiger partial charge on any atom is -0.383 e. The molecule has 0 saturated heterocycles. The third kappa shape index (κ3) is 6.63. The van der Waals surface area contributed by atoms with Crippen LogP contribution in [0.5, 0.6) is 0 Å². The lowest BCUT2D eigenvalue weighted by atomic mass is 10.1. The van der Waals surface area contributed by atoms with Crippen molar-refractivity contribution in [3.05, 3.63) is 0 Å². The summed E-state index contributed by atoms with van der Waals surface area (Å²) in [7, 11) is 3.19. The van der Waals surface area contributed by atoms with Crippen LogP contribution in [-0.4, -0.2) is 55.4 Å². The molecular weight excluding hydrogens is 288 g/mol. The van der Waals surface area contributed by atoms with Gasteiger partial charge in [-0.25, -0.2) is 0 Å². The number of alkyl halides is 1. The average molecular weight is 309 g/mol.